The van der Waals surface area contributed by atoms with Crippen LogP contribution < -0.4 is 10.6 Å². The van der Waals surface area contributed by atoms with Gasteiger partial charge in [-0.25, -0.2) is 4.99 Å². The van der Waals surface area contributed by atoms with Gasteiger partial charge in [0.2, 0.25) is 5.91 Å². The highest BCUT2D eigenvalue weighted by molar-refractivity contribution is 5.88. The molecule has 164 valence electrons. The largest absolute Gasteiger partial charge is 0.355 e. The zero-order valence-corrected chi connectivity index (χ0v) is 18.7. The van der Waals surface area contributed by atoms with Crippen LogP contribution in [0, 0.1) is 0 Å². The summed E-state index contributed by atoms with van der Waals surface area (Å²) in [5.74, 6) is 1.49. The second kappa shape index (κ2) is 10.6. The third kappa shape index (κ3) is 5.81. The van der Waals surface area contributed by atoms with Crippen molar-refractivity contribution in [1.82, 2.24) is 30.3 Å². The summed E-state index contributed by atoms with van der Waals surface area (Å²) in [5.41, 5.74) is 1.18. The summed E-state index contributed by atoms with van der Waals surface area (Å²) in [6, 6.07) is 14.6. The predicted molar refractivity (Wildman–Crippen MR) is 124 cm³/mol. The molecule has 0 spiro atoms. The molecule has 3 rings (SSSR count). The van der Waals surface area contributed by atoms with Gasteiger partial charge in [0.25, 0.3) is 0 Å². The number of hydrogen-bond acceptors (Lipinski definition) is 4. The van der Waals surface area contributed by atoms with Crippen LogP contribution >= 0.6 is 0 Å². The second-order valence-electron chi connectivity index (χ2n) is 7.61. The molecular weight excluding hydrogens is 390 g/mol. The van der Waals surface area contributed by atoms with E-state index >= 15 is 0 Å². The number of guanidine groups is 1. The Morgan fingerprint density at radius 3 is 2.74 bits per heavy atom. The number of nitrogens with one attached hydrogen (secondary N) is 2. The predicted octanol–water partition coefficient (Wildman–Crippen LogP) is 2.38. The molecular formula is C23H31N7O. The monoisotopic (exact) mass is 421 g/mol. The molecule has 0 saturated heterocycles. The van der Waals surface area contributed by atoms with Gasteiger partial charge in [-0.1, -0.05) is 49.4 Å². The lowest BCUT2D eigenvalue weighted by molar-refractivity contribution is -0.127. The highest BCUT2D eigenvalue weighted by atomic mass is 16.2. The first-order valence-corrected chi connectivity index (χ1v) is 10.6. The van der Waals surface area contributed by atoms with Crippen LogP contribution in [0.4, 0.5) is 0 Å². The van der Waals surface area contributed by atoms with E-state index < -0.39 is 0 Å². The Labute approximate surface area is 183 Å². The molecule has 8 nitrogen and oxygen atoms in total. The Morgan fingerprint density at radius 1 is 1.19 bits per heavy atom. The quantitative estimate of drug-likeness (QED) is 0.431. The Hall–Kier alpha value is -3.42. The third-order valence-electron chi connectivity index (χ3n) is 5.17. The van der Waals surface area contributed by atoms with Gasteiger partial charge in [0.1, 0.15) is 18.7 Å². The lowest BCUT2D eigenvalue weighted by Crippen LogP contribution is -2.41. The van der Waals surface area contributed by atoms with E-state index in [1.165, 1.54) is 16.3 Å². The smallest absolute Gasteiger partial charge is 0.243 e. The first-order valence-electron chi connectivity index (χ1n) is 10.6. The number of carbonyl (C=O) groups excluding carboxylic acids is 1. The van der Waals surface area contributed by atoms with Crippen molar-refractivity contribution in [3.8, 4) is 0 Å². The number of fused-ring (bicyclic) bond motifs is 1. The average molecular weight is 422 g/mol. The number of hydrogen-bond donors (Lipinski definition) is 2. The van der Waals surface area contributed by atoms with Gasteiger partial charge >= 0.3 is 0 Å². The van der Waals surface area contributed by atoms with Gasteiger partial charge in [-0.05, 0) is 23.3 Å². The van der Waals surface area contributed by atoms with Crippen molar-refractivity contribution < 1.29 is 4.79 Å². The van der Waals surface area contributed by atoms with Crippen molar-refractivity contribution >= 4 is 22.6 Å². The van der Waals surface area contributed by atoms with E-state index in [1.807, 2.05) is 16.7 Å². The van der Waals surface area contributed by atoms with E-state index in [0.29, 0.717) is 19.0 Å². The summed E-state index contributed by atoms with van der Waals surface area (Å²) < 4.78 is 2.02. The molecule has 0 aliphatic carbocycles. The summed E-state index contributed by atoms with van der Waals surface area (Å²) in [4.78, 5) is 18.1. The highest BCUT2D eigenvalue weighted by Crippen LogP contribution is 2.23. The number of amides is 1. The fourth-order valence-corrected chi connectivity index (χ4v) is 3.39. The molecule has 0 bridgehead atoms. The van der Waals surface area contributed by atoms with Crippen LogP contribution in [0.3, 0.4) is 0 Å². The minimum Gasteiger partial charge on any atom is -0.355 e. The van der Waals surface area contributed by atoms with Gasteiger partial charge in [-0.15, -0.1) is 10.2 Å². The molecule has 1 amide bonds. The molecule has 3 aromatic rings. The molecule has 31 heavy (non-hydrogen) atoms. The lowest BCUT2D eigenvalue weighted by Gasteiger charge is -2.20. The first kappa shape index (κ1) is 22.3. The van der Waals surface area contributed by atoms with E-state index in [4.69, 9.17) is 0 Å². The zero-order chi connectivity index (χ0) is 22.2. The third-order valence-corrected chi connectivity index (χ3v) is 5.17. The van der Waals surface area contributed by atoms with Crippen molar-refractivity contribution in [2.24, 2.45) is 4.99 Å². The van der Waals surface area contributed by atoms with E-state index in [2.05, 4.69) is 70.0 Å². The topological polar surface area (TPSA) is 87.4 Å². The number of rotatable bonds is 8. The van der Waals surface area contributed by atoms with Crippen LogP contribution in [-0.2, 0) is 17.8 Å². The van der Waals surface area contributed by atoms with Crippen LogP contribution in [0.25, 0.3) is 10.8 Å². The van der Waals surface area contributed by atoms with Crippen molar-refractivity contribution in [3.05, 3.63) is 60.2 Å². The molecule has 2 aromatic carbocycles. The highest BCUT2D eigenvalue weighted by Gasteiger charge is 2.12. The van der Waals surface area contributed by atoms with Crippen molar-refractivity contribution in [3.63, 3.8) is 0 Å². The Kier molecular flexibility index (Phi) is 7.59. The fraction of sp³-hybridized carbons (Fsp3) is 0.391. The number of benzene rings is 2. The summed E-state index contributed by atoms with van der Waals surface area (Å²) >= 11 is 0. The van der Waals surface area contributed by atoms with Gasteiger partial charge < -0.3 is 20.1 Å². The molecule has 0 saturated carbocycles. The molecule has 1 aromatic heterocycles. The Balaban J connectivity index is 1.73. The summed E-state index contributed by atoms with van der Waals surface area (Å²) in [6.07, 6.45) is 2.56. The first-order chi connectivity index (χ1) is 15.0. The minimum absolute atomic E-state index is 0.00734. The van der Waals surface area contributed by atoms with Crippen LogP contribution in [0.15, 0.2) is 53.8 Å². The van der Waals surface area contributed by atoms with Crippen molar-refractivity contribution in [1.29, 1.82) is 0 Å². The van der Waals surface area contributed by atoms with Gasteiger partial charge in [0.05, 0.1) is 6.04 Å². The minimum atomic E-state index is -0.0500. The molecule has 1 atom stereocenters. The van der Waals surface area contributed by atoms with Crippen LogP contribution in [0.2, 0.25) is 0 Å². The Bertz CT molecular complexity index is 1040. The van der Waals surface area contributed by atoms with Gasteiger partial charge in [-0.2, -0.15) is 0 Å². The number of likely N-dealkylation sites (N-methyl/N-ethyl adjacent to an activating group) is 1. The standard InChI is InChI=1S/C23H31N7O/c1-5-21-28-26-16-30(21)14-13-24-23(25-15-22(31)29(3)4)27-17(2)19-12-8-10-18-9-6-7-11-20(18)19/h6-12,16-17H,5,13-15H2,1-4H3,(H2,24,25,27). The molecule has 1 heterocycles. The van der Waals surface area contributed by atoms with Crippen LogP contribution in [-0.4, -0.2) is 58.7 Å². The maximum Gasteiger partial charge on any atom is 0.243 e. The number of aliphatic imine (C=N–C) groups is 1. The van der Waals surface area contributed by atoms with E-state index in [-0.39, 0.29) is 18.5 Å². The van der Waals surface area contributed by atoms with Crippen LogP contribution in [0.5, 0.6) is 0 Å². The normalized spacial score (nSPS) is 12.6. The lowest BCUT2D eigenvalue weighted by atomic mass is 10.00. The molecule has 1 unspecified atom stereocenters. The van der Waals surface area contributed by atoms with E-state index in [1.54, 1.807) is 25.3 Å². The molecule has 2 N–H and O–H groups in total. The summed E-state index contributed by atoms with van der Waals surface area (Å²) in [6.45, 7) is 5.58. The van der Waals surface area contributed by atoms with Crippen LogP contribution in [0.1, 0.15) is 31.3 Å². The van der Waals surface area contributed by atoms with Gasteiger partial charge in [0, 0.05) is 33.6 Å². The van der Waals surface area contributed by atoms with E-state index in [0.717, 1.165) is 12.2 Å². The SMILES string of the molecule is CCc1nncn1CCNC(=NCC(=O)N(C)C)NC(C)c1cccc2ccccc12. The van der Waals surface area contributed by atoms with Crippen molar-refractivity contribution in [2.45, 2.75) is 32.9 Å². The zero-order valence-electron chi connectivity index (χ0n) is 18.7. The maximum absolute atomic E-state index is 12.1. The Morgan fingerprint density at radius 2 is 1.97 bits per heavy atom. The molecule has 0 aliphatic heterocycles. The second-order valence-corrected chi connectivity index (χ2v) is 7.61. The number of carbonyl (C=O) groups is 1. The van der Waals surface area contributed by atoms with Crippen molar-refractivity contribution in [2.75, 3.05) is 27.2 Å². The fourth-order valence-electron chi connectivity index (χ4n) is 3.39. The van der Waals surface area contributed by atoms with Gasteiger partial charge in [-0.3, -0.25) is 4.79 Å². The summed E-state index contributed by atoms with van der Waals surface area (Å²) in [5, 5.41) is 17.3. The maximum atomic E-state index is 12.1. The number of aryl methyl sites for hydroxylation is 1. The molecule has 0 fully saturated rings. The summed E-state index contributed by atoms with van der Waals surface area (Å²) in [7, 11) is 3.46. The van der Waals surface area contributed by atoms with E-state index in [9.17, 15) is 4.79 Å². The molecule has 0 radical (unpaired) electrons. The average Bonchev–Trinajstić information content (AvgIpc) is 3.24. The number of aromatic nitrogens is 3. The van der Waals surface area contributed by atoms with Gasteiger partial charge in [0.15, 0.2) is 5.96 Å². The molecule has 8 heteroatoms. The number of nitrogens with zero attached hydrogens (tertiary/aromatic N) is 5. The molecule has 0 aliphatic rings.